The highest BCUT2D eigenvalue weighted by atomic mass is 16.3. The predicted molar refractivity (Wildman–Crippen MR) is 278 cm³/mol. The van der Waals surface area contributed by atoms with Gasteiger partial charge >= 0.3 is 0 Å². The van der Waals surface area contributed by atoms with Gasteiger partial charge < -0.3 is 13.9 Å². The van der Waals surface area contributed by atoms with Crippen LogP contribution in [-0.4, -0.2) is 4.57 Å². The number of allylic oxidation sites excluding steroid dienone is 3. The molecule has 10 aromatic rings. The Labute approximate surface area is 396 Å². The first-order chi connectivity index (χ1) is 33.2. The summed E-state index contributed by atoms with van der Waals surface area (Å²) in [6.45, 7) is 12.1. The molecule has 1 spiro atoms. The van der Waals surface area contributed by atoms with E-state index in [-0.39, 0.29) is 28.7 Å². The molecule has 4 heterocycles. The molecule has 0 radical (unpaired) electrons. The van der Waals surface area contributed by atoms with Crippen LogP contribution in [0.2, 0.25) is 0 Å². The summed E-state index contributed by atoms with van der Waals surface area (Å²) in [5.41, 5.74) is 25.3. The van der Waals surface area contributed by atoms with E-state index in [0.717, 1.165) is 11.3 Å². The van der Waals surface area contributed by atoms with Crippen LogP contribution in [0.4, 0.5) is 11.4 Å². The largest absolute Gasteiger partial charge is 0.460 e. The summed E-state index contributed by atoms with van der Waals surface area (Å²) in [7, 11) is 0. The zero-order valence-corrected chi connectivity index (χ0v) is 38.9. The summed E-state index contributed by atoms with van der Waals surface area (Å²) in [5, 5.41) is 3.78. The van der Waals surface area contributed by atoms with E-state index in [1.165, 1.54) is 122 Å². The second-order valence-electron chi connectivity index (χ2n) is 21.2. The molecule has 0 saturated heterocycles. The van der Waals surface area contributed by atoms with E-state index < -0.39 is 5.41 Å². The van der Waals surface area contributed by atoms with Gasteiger partial charge in [-0.25, -0.2) is 0 Å². The maximum absolute atomic E-state index is 7.09. The lowest BCUT2D eigenvalue weighted by molar-refractivity contribution is 0.451. The van der Waals surface area contributed by atoms with Crippen LogP contribution in [0.15, 0.2) is 198 Å². The standard InChI is InChI=1S/C65H48N2O/c1-36-34-35-64(5)46-25-13-16-28-51(46)67(61-56-41-20-8-17-29-53(41)68-62(56)37(2)54(36)59(61)64)52-33-32-47-57-55(52)40-19-7-15-27-50(40)66-49-26-14-6-18-38(49)39-30-31-48(58(57)60(39)66)65(47)44-23-11-9-21-42(44)63(3,4)43-22-10-12-24-45(43)65/h6-37,61H,1-5H3. The zero-order chi connectivity index (χ0) is 45.2. The van der Waals surface area contributed by atoms with E-state index in [2.05, 4.69) is 226 Å². The molecule has 0 N–H and O–H groups in total. The van der Waals surface area contributed by atoms with Crippen molar-refractivity contribution in [2.45, 2.75) is 62.8 Å². The first-order valence-corrected chi connectivity index (χ1v) is 24.6. The molecule has 6 aliphatic rings. The number of fused-ring (bicyclic) bond motifs is 18. The molecule has 0 bridgehead atoms. The van der Waals surface area contributed by atoms with Crippen molar-refractivity contribution in [2.75, 3.05) is 4.90 Å². The second-order valence-corrected chi connectivity index (χ2v) is 21.2. The number of aromatic nitrogens is 1. The number of rotatable bonds is 1. The van der Waals surface area contributed by atoms with E-state index >= 15 is 0 Å². The summed E-state index contributed by atoms with van der Waals surface area (Å²) < 4.78 is 9.71. The van der Waals surface area contributed by atoms with Crippen LogP contribution in [0, 0.1) is 5.92 Å². The van der Waals surface area contributed by atoms with E-state index in [1.807, 2.05) is 0 Å². The van der Waals surface area contributed by atoms with Crippen molar-refractivity contribution < 1.29 is 4.42 Å². The number of anilines is 2. The van der Waals surface area contributed by atoms with E-state index in [0.29, 0.717) is 0 Å². The third-order valence-electron chi connectivity index (χ3n) is 17.9. The van der Waals surface area contributed by atoms with Crippen LogP contribution >= 0.6 is 0 Å². The minimum absolute atomic E-state index is 0.112. The number of benzene rings is 8. The summed E-state index contributed by atoms with van der Waals surface area (Å²) in [5.74, 6) is 1.50. The van der Waals surface area contributed by atoms with Crippen molar-refractivity contribution in [1.82, 2.24) is 4.57 Å². The van der Waals surface area contributed by atoms with Gasteiger partial charge in [0.25, 0.3) is 0 Å². The van der Waals surface area contributed by atoms with Gasteiger partial charge in [-0.15, -0.1) is 0 Å². The van der Waals surface area contributed by atoms with Crippen LogP contribution in [0.25, 0.3) is 60.7 Å². The van der Waals surface area contributed by atoms with Gasteiger partial charge in [-0.05, 0) is 93.3 Å². The highest BCUT2D eigenvalue weighted by molar-refractivity contribution is 6.20. The average Bonchev–Trinajstić information content (AvgIpc) is 3.99. The minimum atomic E-state index is -0.561. The fourth-order valence-electron chi connectivity index (χ4n) is 15.3. The van der Waals surface area contributed by atoms with Crippen molar-refractivity contribution in [3.05, 3.63) is 243 Å². The van der Waals surface area contributed by atoms with Crippen LogP contribution < -0.4 is 4.90 Å². The van der Waals surface area contributed by atoms with Crippen LogP contribution in [0.3, 0.4) is 0 Å². The first-order valence-electron chi connectivity index (χ1n) is 24.6. The van der Waals surface area contributed by atoms with Gasteiger partial charge in [-0.3, -0.25) is 0 Å². The van der Waals surface area contributed by atoms with Gasteiger partial charge in [0, 0.05) is 60.8 Å². The summed E-state index contributed by atoms with van der Waals surface area (Å²) in [4.78, 5) is 2.77. The summed E-state index contributed by atoms with van der Waals surface area (Å²) in [6.07, 6.45) is 4.99. The molecule has 324 valence electrons. The molecular formula is C65H48N2O. The number of furan rings is 1. The van der Waals surface area contributed by atoms with Crippen molar-refractivity contribution in [3.63, 3.8) is 0 Å². The summed E-state index contributed by atoms with van der Waals surface area (Å²) in [6, 6.07) is 65.1. The number of hydrogen-bond acceptors (Lipinski definition) is 2. The summed E-state index contributed by atoms with van der Waals surface area (Å²) >= 11 is 0. The van der Waals surface area contributed by atoms with E-state index in [9.17, 15) is 0 Å². The third kappa shape index (κ3) is 4.03. The fourth-order valence-corrected chi connectivity index (χ4v) is 15.3. The normalized spacial score (nSPS) is 22.2. The lowest BCUT2D eigenvalue weighted by Gasteiger charge is -2.54. The quantitative estimate of drug-likeness (QED) is 0.153. The smallest absolute Gasteiger partial charge is 0.134 e. The Balaban J connectivity index is 1.12. The maximum atomic E-state index is 7.09. The Morgan fingerprint density at radius 1 is 0.500 bits per heavy atom. The lowest BCUT2D eigenvalue weighted by Crippen LogP contribution is -2.45. The molecule has 0 fully saturated rings. The van der Waals surface area contributed by atoms with Crippen LogP contribution in [0.1, 0.15) is 96.8 Å². The molecule has 8 aromatic carbocycles. The molecule has 0 saturated carbocycles. The molecular weight excluding hydrogens is 825 g/mol. The van der Waals surface area contributed by atoms with Crippen molar-refractivity contribution in [2.24, 2.45) is 5.92 Å². The monoisotopic (exact) mass is 872 g/mol. The van der Waals surface area contributed by atoms with Gasteiger partial charge in [-0.2, -0.15) is 0 Å². The van der Waals surface area contributed by atoms with Gasteiger partial charge in [0.2, 0.25) is 0 Å². The molecule has 4 unspecified atom stereocenters. The van der Waals surface area contributed by atoms with Crippen molar-refractivity contribution in [3.8, 4) is 27.9 Å². The Hall–Kier alpha value is -7.62. The molecule has 3 heteroatoms. The molecule has 3 nitrogen and oxygen atoms in total. The third-order valence-corrected chi connectivity index (χ3v) is 17.9. The molecule has 16 rings (SSSR count). The Bertz CT molecular complexity index is 3990. The zero-order valence-electron chi connectivity index (χ0n) is 38.9. The highest BCUT2D eigenvalue weighted by Gasteiger charge is 2.57. The average molecular weight is 873 g/mol. The lowest BCUT2D eigenvalue weighted by atomic mass is 9.55. The Kier molecular flexibility index (Phi) is 6.77. The second kappa shape index (κ2) is 12.3. The maximum Gasteiger partial charge on any atom is 0.134 e. The predicted octanol–water partition coefficient (Wildman–Crippen LogP) is 16.3. The Morgan fingerprint density at radius 2 is 1.12 bits per heavy atom. The molecule has 2 aliphatic heterocycles. The number of hydrogen-bond donors (Lipinski definition) is 0. The molecule has 68 heavy (non-hydrogen) atoms. The molecule has 2 aromatic heterocycles. The van der Waals surface area contributed by atoms with Crippen LogP contribution in [0.5, 0.6) is 0 Å². The van der Waals surface area contributed by atoms with Gasteiger partial charge in [-0.1, -0.05) is 185 Å². The molecule has 4 atom stereocenters. The highest BCUT2D eigenvalue weighted by Crippen LogP contribution is 2.70. The number of para-hydroxylation sites is 4. The first kappa shape index (κ1) is 37.5. The Morgan fingerprint density at radius 3 is 1.90 bits per heavy atom. The fraction of sp³-hybridized carbons (Fsp3) is 0.169. The minimum Gasteiger partial charge on any atom is -0.460 e. The molecule has 4 aliphatic carbocycles. The van der Waals surface area contributed by atoms with Gasteiger partial charge in [0.1, 0.15) is 11.3 Å². The SMILES string of the molecule is CC1C=CC2(C)C3=C1C(C)c1oc4ccccc4c1C3N(c1ccc3c4c1-c1ccccc1-n1c5ccccc5c5ccc(c-4c51)C31c3ccccc3C(C)(C)c3ccccc31)c1ccccc12. The van der Waals surface area contributed by atoms with Crippen LogP contribution in [-0.2, 0) is 16.2 Å². The topological polar surface area (TPSA) is 21.3 Å². The van der Waals surface area contributed by atoms with E-state index in [4.69, 9.17) is 4.42 Å². The van der Waals surface area contributed by atoms with Crippen molar-refractivity contribution >= 4 is 44.1 Å². The van der Waals surface area contributed by atoms with Gasteiger partial charge in [0.15, 0.2) is 0 Å². The van der Waals surface area contributed by atoms with Gasteiger partial charge in [0.05, 0.1) is 33.9 Å². The van der Waals surface area contributed by atoms with Crippen molar-refractivity contribution in [1.29, 1.82) is 0 Å². The molecule has 0 amide bonds. The number of nitrogens with zero attached hydrogens (tertiary/aromatic N) is 2. The van der Waals surface area contributed by atoms with E-state index in [1.54, 1.807) is 0 Å².